The second-order valence-corrected chi connectivity index (χ2v) is 9.85. The largest absolute Gasteiger partial charge is 0.316 e. The van der Waals surface area contributed by atoms with Crippen LogP contribution in [0.5, 0.6) is 0 Å². The molecule has 1 amide bonds. The number of imidazole rings is 1. The van der Waals surface area contributed by atoms with Gasteiger partial charge in [0.2, 0.25) is 5.91 Å². The molecule has 160 valence electrons. The molecule has 0 saturated heterocycles. The monoisotopic (exact) mass is 451 g/mol. The lowest BCUT2D eigenvalue weighted by atomic mass is 10.1. The molecule has 2 aliphatic rings. The molecule has 0 radical (unpaired) electrons. The molecule has 3 aromatic rings. The first-order valence-electron chi connectivity index (χ1n) is 11.0. The molecule has 1 aliphatic carbocycles. The minimum Gasteiger partial charge on any atom is -0.316 e. The van der Waals surface area contributed by atoms with E-state index in [1.165, 1.54) is 18.4 Å². The third-order valence-corrected chi connectivity index (χ3v) is 7.60. The summed E-state index contributed by atoms with van der Waals surface area (Å²) in [6.07, 6.45) is 7.68. The van der Waals surface area contributed by atoms with Crippen molar-refractivity contribution in [3.8, 4) is 11.3 Å². The predicted octanol–water partition coefficient (Wildman–Crippen LogP) is 6.39. The summed E-state index contributed by atoms with van der Waals surface area (Å²) in [4.78, 5) is 19.9. The number of amides is 1. The van der Waals surface area contributed by atoms with Crippen molar-refractivity contribution in [3.63, 3.8) is 0 Å². The maximum atomic E-state index is 13.2. The van der Waals surface area contributed by atoms with Gasteiger partial charge in [-0.3, -0.25) is 4.79 Å². The van der Waals surface area contributed by atoms with E-state index in [4.69, 9.17) is 16.6 Å². The summed E-state index contributed by atoms with van der Waals surface area (Å²) in [6, 6.07) is 16.8. The fourth-order valence-corrected chi connectivity index (χ4v) is 5.97. The van der Waals surface area contributed by atoms with E-state index in [0.29, 0.717) is 11.8 Å². The van der Waals surface area contributed by atoms with Crippen LogP contribution in [0.3, 0.4) is 0 Å². The molecule has 1 fully saturated rings. The number of aromatic nitrogens is 2. The predicted molar refractivity (Wildman–Crippen MR) is 128 cm³/mol. The van der Waals surface area contributed by atoms with E-state index in [2.05, 4.69) is 23.6 Å². The standard InChI is InChI=1S/C25H26ClN3OS/c1-17-14-19-6-2-5-9-22(19)28(17)24(30)16-31-25-27-15-23(18-10-12-20(26)13-11-18)29(25)21-7-3-4-8-21/h2,5-6,9-13,15,17,21H,3-4,7-8,14,16H2,1H3/t17-/m1/s1. The minimum atomic E-state index is 0.150. The summed E-state index contributed by atoms with van der Waals surface area (Å²) in [5, 5.41) is 1.67. The number of hydrogen-bond acceptors (Lipinski definition) is 3. The average Bonchev–Trinajstić information content (AvgIpc) is 3.50. The third kappa shape index (κ3) is 4.01. The number of carbonyl (C=O) groups excluding carboxylic acids is 1. The maximum Gasteiger partial charge on any atom is 0.237 e. The molecule has 2 aromatic carbocycles. The van der Waals surface area contributed by atoms with Crippen LogP contribution in [0.1, 0.15) is 44.2 Å². The van der Waals surface area contributed by atoms with Crippen LogP contribution in [0, 0.1) is 0 Å². The first-order chi connectivity index (χ1) is 15.1. The van der Waals surface area contributed by atoms with Crippen LogP contribution < -0.4 is 4.90 Å². The van der Waals surface area contributed by atoms with Gasteiger partial charge in [-0.05, 0) is 55.5 Å². The zero-order valence-electron chi connectivity index (χ0n) is 17.6. The minimum absolute atomic E-state index is 0.150. The highest BCUT2D eigenvalue weighted by Gasteiger charge is 2.31. The Hall–Kier alpha value is -2.24. The third-order valence-electron chi connectivity index (χ3n) is 6.39. The zero-order chi connectivity index (χ0) is 21.4. The van der Waals surface area contributed by atoms with Gasteiger partial charge in [-0.15, -0.1) is 0 Å². The van der Waals surface area contributed by atoms with E-state index in [1.54, 1.807) is 11.8 Å². The van der Waals surface area contributed by atoms with E-state index in [0.717, 1.165) is 46.4 Å². The Labute approximate surface area is 192 Å². The molecule has 0 N–H and O–H groups in total. The lowest BCUT2D eigenvalue weighted by molar-refractivity contribution is -0.116. The second-order valence-electron chi connectivity index (χ2n) is 8.48. The van der Waals surface area contributed by atoms with Gasteiger partial charge < -0.3 is 9.47 Å². The Morgan fingerprint density at radius 3 is 2.65 bits per heavy atom. The molecule has 5 rings (SSSR count). The van der Waals surface area contributed by atoms with Crippen molar-refractivity contribution in [2.45, 2.75) is 56.3 Å². The van der Waals surface area contributed by atoms with Crippen LogP contribution in [0.4, 0.5) is 5.69 Å². The molecule has 0 unspecified atom stereocenters. The lowest BCUT2D eigenvalue weighted by Crippen LogP contribution is -2.37. The molecule has 0 spiro atoms. The quantitative estimate of drug-likeness (QED) is 0.422. The van der Waals surface area contributed by atoms with Gasteiger partial charge in [0.25, 0.3) is 0 Å². The fourth-order valence-electron chi connectivity index (χ4n) is 4.94. The van der Waals surface area contributed by atoms with Crippen molar-refractivity contribution in [1.29, 1.82) is 0 Å². The number of para-hydroxylation sites is 1. The SMILES string of the molecule is C[C@@H]1Cc2ccccc2N1C(=O)CSc1ncc(-c2ccc(Cl)cc2)n1C1CCCC1. The first kappa shape index (κ1) is 20.7. The Kier molecular flexibility index (Phi) is 5.81. The Bertz CT molecular complexity index is 1090. The maximum absolute atomic E-state index is 13.2. The number of fused-ring (bicyclic) bond motifs is 1. The van der Waals surface area contributed by atoms with Gasteiger partial charge in [-0.25, -0.2) is 4.98 Å². The van der Waals surface area contributed by atoms with Gasteiger partial charge in [-0.2, -0.15) is 0 Å². The van der Waals surface area contributed by atoms with E-state index >= 15 is 0 Å². The number of nitrogens with zero attached hydrogens (tertiary/aromatic N) is 3. The molecular weight excluding hydrogens is 426 g/mol. The number of carbonyl (C=O) groups is 1. The van der Waals surface area contributed by atoms with Crippen molar-refractivity contribution >= 4 is 35.0 Å². The summed E-state index contributed by atoms with van der Waals surface area (Å²) in [6.45, 7) is 2.13. The van der Waals surface area contributed by atoms with Gasteiger partial charge in [0.1, 0.15) is 0 Å². The summed E-state index contributed by atoms with van der Waals surface area (Å²) < 4.78 is 2.36. The molecule has 4 nitrogen and oxygen atoms in total. The summed E-state index contributed by atoms with van der Waals surface area (Å²) in [5.74, 6) is 0.541. The highest BCUT2D eigenvalue weighted by atomic mass is 35.5. The van der Waals surface area contributed by atoms with Gasteiger partial charge in [-0.1, -0.05) is 66.5 Å². The molecular formula is C25H26ClN3OS. The highest BCUT2D eigenvalue weighted by Crippen LogP contribution is 2.38. The van der Waals surface area contributed by atoms with Gasteiger partial charge in [0.05, 0.1) is 17.6 Å². The number of halogens is 1. The Morgan fingerprint density at radius 2 is 1.87 bits per heavy atom. The average molecular weight is 452 g/mol. The molecule has 0 bridgehead atoms. The van der Waals surface area contributed by atoms with Crippen LogP contribution in [-0.2, 0) is 11.2 Å². The second kappa shape index (κ2) is 8.71. The first-order valence-corrected chi connectivity index (χ1v) is 12.3. The molecule has 6 heteroatoms. The van der Waals surface area contributed by atoms with Crippen LogP contribution in [0.2, 0.25) is 5.02 Å². The molecule has 2 heterocycles. The topological polar surface area (TPSA) is 38.1 Å². The van der Waals surface area contributed by atoms with Gasteiger partial charge in [0, 0.05) is 22.8 Å². The van der Waals surface area contributed by atoms with Crippen molar-refractivity contribution in [2.24, 2.45) is 0 Å². The number of hydrogen-bond donors (Lipinski definition) is 0. The molecule has 1 saturated carbocycles. The van der Waals surface area contributed by atoms with E-state index < -0.39 is 0 Å². The Morgan fingerprint density at radius 1 is 1.13 bits per heavy atom. The number of thioether (sulfide) groups is 1. The number of rotatable bonds is 5. The Balaban J connectivity index is 1.39. The zero-order valence-corrected chi connectivity index (χ0v) is 19.2. The smallest absolute Gasteiger partial charge is 0.237 e. The fraction of sp³-hybridized carbons (Fsp3) is 0.360. The number of benzene rings is 2. The van der Waals surface area contributed by atoms with Crippen LogP contribution in [0.15, 0.2) is 59.9 Å². The lowest BCUT2D eigenvalue weighted by Gasteiger charge is -2.23. The molecule has 1 atom stereocenters. The normalized spacial score (nSPS) is 18.5. The summed E-state index contributed by atoms with van der Waals surface area (Å²) in [5.41, 5.74) is 4.54. The van der Waals surface area contributed by atoms with Crippen LogP contribution in [0.25, 0.3) is 11.3 Å². The summed E-state index contributed by atoms with van der Waals surface area (Å²) in [7, 11) is 0. The van der Waals surface area contributed by atoms with Crippen molar-refractivity contribution in [2.75, 3.05) is 10.7 Å². The number of anilines is 1. The van der Waals surface area contributed by atoms with Crippen LogP contribution in [-0.4, -0.2) is 27.3 Å². The van der Waals surface area contributed by atoms with E-state index in [-0.39, 0.29) is 11.9 Å². The van der Waals surface area contributed by atoms with E-state index in [1.807, 2.05) is 47.5 Å². The van der Waals surface area contributed by atoms with E-state index in [9.17, 15) is 4.79 Å². The van der Waals surface area contributed by atoms with Crippen LogP contribution >= 0.6 is 23.4 Å². The van der Waals surface area contributed by atoms with Gasteiger partial charge >= 0.3 is 0 Å². The van der Waals surface area contributed by atoms with Crippen molar-refractivity contribution in [3.05, 3.63) is 65.3 Å². The van der Waals surface area contributed by atoms with Crippen molar-refractivity contribution in [1.82, 2.24) is 9.55 Å². The summed E-state index contributed by atoms with van der Waals surface area (Å²) >= 11 is 7.66. The molecule has 1 aliphatic heterocycles. The van der Waals surface area contributed by atoms with Gasteiger partial charge in [0.15, 0.2) is 5.16 Å². The molecule has 1 aromatic heterocycles. The van der Waals surface area contributed by atoms with Crippen molar-refractivity contribution < 1.29 is 4.79 Å². The molecule has 31 heavy (non-hydrogen) atoms. The highest BCUT2D eigenvalue weighted by molar-refractivity contribution is 7.99.